The lowest BCUT2D eigenvalue weighted by molar-refractivity contribution is 0.100. The molecule has 0 saturated heterocycles. The van der Waals surface area contributed by atoms with Gasteiger partial charge in [0, 0.05) is 20.0 Å². The molecule has 1 heterocycles. The number of carbonyl (C=O) groups excluding carboxylic acids is 1. The van der Waals surface area contributed by atoms with Gasteiger partial charge in [0.2, 0.25) is 0 Å². The molecule has 5 N–H and O–H groups in total. The average Bonchev–Trinajstić information content (AvgIpc) is 2.77. The van der Waals surface area contributed by atoms with Gasteiger partial charge in [-0.15, -0.1) is 10.2 Å². The number of hydrogen-bond donors (Lipinski definition) is 3. The van der Waals surface area contributed by atoms with Crippen molar-refractivity contribution in [2.45, 2.75) is 6.42 Å². The van der Waals surface area contributed by atoms with E-state index < -0.39 is 5.91 Å². The molecule has 1 aromatic carbocycles. The zero-order chi connectivity index (χ0) is 13.8. The summed E-state index contributed by atoms with van der Waals surface area (Å²) in [4.78, 5) is 11.2. The van der Waals surface area contributed by atoms with Crippen LogP contribution in [0.2, 0.25) is 0 Å². The van der Waals surface area contributed by atoms with Crippen LogP contribution in [-0.2, 0) is 13.5 Å². The van der Waals surface area contributed by atoms with Crippen LogP contribution in [0.1, 0.15) is 16.2 Å². The first kappa shape index (κ1) is 12.9. The lowest BCUT2D eigenvalue weighted by Gasteiger charge is -2.11. The van der Waals surface area contributed by atoms with Crippen LogP contribution in [0, 0.1) is 0 Å². The maximum absolute atomic E-state index is 11.2. The van der Waals surface area contributed by atoms with Gasteiger partial charge in [-0.1, -0.05) is 6.07 Å². The minimum absolute atomic E-state index is 0.323. The molecule has 0 unspecified atom stereocenters. The van der Waals surface area contributed by atoms with Crippen molar-refractivity contribution < 1.29 is 4.79 Å². The number of benzene rings is 1. The highest BCUT2D eigenvalue weighted by atomic mass is 16.1. The van der Waals surface area contributed by atoms with Gasteiger partial charge in [-0.25, -0.2) is 0 Å². The van der Waals surface area contributed by atoms with Crippen molar-refractivity contribution in [3.8, 4) is 0 Å². The molecule has 1 aromatic heterocycles. The molecule has 0 bridgehead atoms. The number of para-hydroxylation sites is 1. The van der Waals surface area contributed by atoms with E-state index in [9.17, 15) is 4.79 Å². The highest BCUT2D eigenvalue weighted by Crippen LogP contribution is 2.22. The molecule has 0 atom stereocenters. The van der Waals surface area contributed by atoms with E-state index in [0.717, 1.165) is 5.82 Å². The Hall–Kier alpha value is -2.57. The molecule has 0 radical (unpaired) electrons. The van der Waals surface area contributed by atoms with Crippen LogP contribution in [-0.4, -0.2) is 27.2 Å². The number of nitrogens with zero attached hydrogens (tertiary/aromatic N) is 3. The molecule has 0 aliphatic carbocycles. The van der Waals surface area contributed by atoms with E-state index in [1.165, 1.54) is 0 Å². The first-order valence-corrected chi connectivity index (χ1v) is 5.84. The van der Waals surface area contributed by atoms with Gasteiger partial charge in [0.25, 0.3) is 5.91 Å². The minimum Gasteiger partial charge on any atom is -0.396 e. The van der Waals surface area contributed by atoms with Crippen molar-refractivity contribution in [2.75, 3.05) is 17.6 Å². The first-order valence-electron chi connectivity index (χ1n) is 5.84. The van der Waals surface area contributed by atoms with Crippen LogP contribution in [0.3, 0.4) is 0 Å². The molecular formula is C12H16N6O. The van der Waals surface area contributed by atoms with E-state index in [1.54, 1.807) is 24.5 Å². The normalized spacial score (nSPS) is 10.4. The second kappa shape index (κ2) is 5.38. The smallest absolute Gasteiger partial charge is 0.250 e. The summed E-state index contributed by atoms with van der Waals surface area (Å²) in [6.07, 6.45) is 2.36. The van der Waals surface area contributed by atoms with Crippen LogP contribution < -0.4 is 16.8 Å². The molecule has 19 heavy (non-hydrogen) atoms. The summed E-state index contributed by atoms with van der Waals surface area (Å²) < 4.78 is 1.85. The largest absolute Gasteiger partial charge is 0.396 e. The van der Waals surface area contributed by atoms with E-state index in [-0.39, 0.29) is 0 Å². The standard InChI is InChI=1S/C12H16N6O/c1-18-7-16-17-10(18)5-6-15-9-4-2-3-8(11(9)13)12(14)19/h2-4,7,15H,5-6,13H2,1H3,(H2,14,19). The fourth-order valence-corrected chi connectivity index (χ4v) is 1.78. The molecule has 7 nitrogen and oxygen atoms in total. The van der Waals surface area contributed by atoms with Crippen LogP contribution in [0.5, 0.6) is 0 Å². The molecule has 2 rings (SSSR count). The van der Waals surface area contributed by atoms with Crippen molar-refractivity contribution >= 4 is 17.3 Å². The van der Waals surface area contributed by atoms with Crippen molar-refractivity contribution in [1.29, 1.82) is 0 Å². The minimum atomic E-state index is -0.533. The summed E-state index contributed by atoms with van der Waals surface area (Å²) in [5.41, 5.74) is 12.5. The Morgan fingerprint density at radius 2 is 2.26 bits per heavy atom. The Bertz CT molecular complexity index is 592. The number of nitrogen functional groups attached to an aromatic ring is 1. The van der Waals surface area contributed by atoms with Gasteiger partial charge >= 0.3 is 0 Å². The lowest BCUT2D eigenvalue weighted by Crippen LogP contribution is -2.16. The van der Waals surface area contributed by atoms with Crippen molar-refractivity contribution in [3.63, 3.8) is 0 Å². The summed E-state index contributed by atoms with van der Waals surface area (Å²) in [5.74, 6) is 0.339. The summed E-state index contributed by atoms with van der Waals surface area (Å²) >= 11 is 0. The third kappa shape index (κ3) is 2.82. The van der Waals surface area contributed by atoms with E-state index in [1.807, 2.05) is 11.6 Å². The third-order valence-electron chi connectivity index (χ3n) is 2.84. The number of anilines is 2. The number of nitrogens with two attached hydrogens (primary N) is 2. The van der Waals surface area contributed by atoms with E-state index in [4.69, 9.17) is 11.5 Å². The van der Waals surface area contributed by atoms with Crippen molar-refractivity contribution in [1.82, 2.24) is 14.8 Å². The summed E-state index contributed by atoms with van der Waals surface area (Å²) in [6, 6.07) is 5.14. The van der Waals surface area contributed by atoms with E-state index >= 15 is 0 Å². The van der Waals surface area contributed by atoms with Crippen LogP contribution in [0.4, 0.5) is 11.4 Å². The Morgan fingerprint density at radius 3 is 2.89 bits per heavy atom. The number of aryl methyl sites for hydroxylation is 1. The molecule has 0 saturated carbocycles. The second-order valence-corrected chi connectivity index (χ2v) is 4.17. The van der Waals surface area contributed by atoms with E-state index in [0.29, 0.717) is 29.9 Å². The van der Waals surface area contributed by atoms with Gasteiger partial charge in [-0.2, -0.15) is 0 Å². The van der Waals surface area contributed by atoms with Crippen LogP contribution in [0.25, 0.3) is 0 Å². The molecule has 0 aliphatic heterocycles. The molecule has 2 aromatic rings. The maximum Gasteiger partial charge on any atom is 0.250 e. The van der Waals surface area contributed by atoms with Gasteiger partial charge in [-0.05, 0) is 12.1 Å². The number of amides is 1. The van der Waals surface area contributed by atoms with Gasteiger partial charge in [0.1, 0.15) is 12.2 Å². The summed E-state index contributed by atoms with van der Waals surface area (Å²) in [7, 11) is 1.89. The third-order valence-corrected chi connectivity index (χ3v) is 2.84. The molecule has 100 valence electrons. The summed E-state index contributed by atoms with van der Waals surface area (Å²) in [6.45, 7) is 0.638. The zero-order valence-corrected chi connectivity index (χ0v) is 10.6. The molecule has 0 aliphatic rings. The summed E-state index contributed by atoms with van der Waals surface area (Å²) in [5, 5.41) is 10.9. The fourth-order valence-electron chi connectivity index (χ4n) is 1.78. The Labute approximate surface area is 110 Å². The predicted molar refractivity (Wildman–Crippen MR) is 72.6 cm³/mol. The number of nitrogens with one attached hydrogen (secondary N) is 1. The molecule has 0 spiro atoms. The number of hydrogen-bond acceptors (Lipinski definition) is 5. The average molecular weight is 260 g/mol. The Balaban J connectivity index is 2.02. The van der Waals surface area contributed by atoms with Crippen LogP contribution in [0.15, 0.2) is 24.5 Å². The maximum atomic E-state index is 11.2. The van der Waals surface area contributed by atoms with Gasteiger partial charge in [0.05, 0.1) is 16.9 Å². The molecule has 7 heteroatoms. The van der Waals surface area contributed by atoms with Crippen molar-refractivity contribution in [2.24, 2.45) is 12.8 Å². The highest BCUT2D eigenvalue weighted by molar-refractivity contribution is 6.00. The number of rotatable bonds is 5. The van der Waals surface area contributed by atoms with E-state index in [2.05, 4.69) is 15.5 Å². The fraction of sp³-hybridized carbons (Fsp3) is 0.250. The quantitative estimate of drug-likeness (QED) is 0.662. The van der Waals surface area contributed by atoms with Gasteiger partial charge in [-0.3, -0.25) is 4.79 Å². The lowest BCUT2D eigenvalue weighted by atomic mass is 10.1. The van der Waals surface area contributed by atoms with Crippen LogP contribution >= 0.6 is 0 Å². The number of primary amides is 1. The molecule has 0 fully saturated rings. The predicted octanol–water partition coefficient (Wildman–Crippen LogP) is 0.151. The highest BCUT2D eigenvalue weighted by Gasteiger charge is 2.09. The number of aromatic nitrogens is 3. The Morgan fingerprint density at radius 1 is 1.47 bits per heavy atom. The van der Waals surface area contributed by atoms with Gasteiger partial charge < -0.3 is 21.4 Å². The SMILES string of the molecule is Cn1cnnc1CCNc1cccc(C(N)=O)c1N. The zero-order valence-electron chi connectivity index (χ0n) is 10.6. The molecular weight excluding hydrogens is 244 g/mol. The molecule has 1 amide bonds. The Kier molecular flexibility index (Phi) is 3.65. The second-order valence-electron chi connectivity index (χ2n) is 4.17. The number of carbonyl (C=O) groups is 1. The van der Waals surface area contributed by atoms with Crippen molar-refractivity contribution in [3.05, 3.63) is 35.9 Å². The first-order chi connectivity index (χ1) is 9.09. The monoisotopic (exact) mass is 260 g/mol. The topological polar surface area (TPSA) is 112 Å². The van der Waals surface area contributed by atoms with Gasteiger partial charge in [0.15, 0.2) is 0 Å².